The van der Waals surface area contributed by atoms with E-state index in [1.165, 1.54) is 6.08 Å². The fraction of sp³-hybridized carbons (Fsp3) is 0.0870. The highest BCUT2D eigenvalue weighted by Gasteiger charge is 2.05. The summed E-state index contributed by atoms with van der Waals surface area (Å²) < 4.78 is 5.37. The summed E-state index contributed by atoms with van der Waals surface area (Å²) in [5.74, 6) is -0.255. The number of hydrogen-bond donors (Lipinski definition) is 3. The zero-order chi connectivity index (χ0) is 21.3. The van der Waals surface area contributed by atoms with E-state index in [-0.39, 0.29) is 11.7 Å². The molecule has 30 heavy (non-hydrogen) atoms. The molecular weight excluding hydrogens is 398 g/mol. The SMILES string of the molecule is Cc1ccc(OCC(=O)NNC(=S)NC(=O)/C=C/c2cccc3ccccc23)cc1. The number of carbonyl (C=O) groups excluding carboxylic acids is 2. The van der Waals surface area contributed by atoms with Crippen molar-refractivity contribution in [1.82, 2.24) is 16.2 Å². The average molecular weight is 420 g/mol. The van der Waals surface area contributed by atoms with Gasteiger partial charge in [-0.1, -0.05) is 60.2 Å². The van der Waals surface area contributed by atoms with Crippen LogP contribution in [0.2, 0.25) is 0 Å². The Balaban J connectivity index is 1.44. The quantitative estimate of drug-likeness (QED) is 0.336. The third-order valence-electron chi connectivity index (χ3n) is 4.18. The lowest BCUT2D eigenvalue weighted by molar-refractivity contribution is -0.123. The topological polar surface area (TPSA) is 79.5 Å². The maximum absolute atomic E-state index is 12.1. The molecule has 152 valence electrons. The molecule has 0 bridgehead atoms. The van der Waals surface area contributed by atoms with Crippen molar-refractivity contribution in [3.63, 3.8) is 0 Å². The molecule has 7 heteroatoms. The third-order valence-corrected chi connectivity index (χ3v) is 4.38. The summed E-state index contributed by atoms with van der Waals surface area (Å²) in [6, 6.07) is 21.1. The number of amides is 2. The van der Waals surface area contributed by atoms with Gasteiger partial charge in [-0.05, 0) is 53.7 Å². The molecule has 3 aromatic rings. The minimum absolute atomic E-state index is 0.0220. The Hall–Kier alpha value is -3.71. The van der Waals surface area contributed by atoms with Gasteiger partial charge in [-0.25, -0.2) is 0 Å². The van der Waals surface area contributed by atoms with E-state index in [2.05, 4.69) is 16.2 Å². The van der Waals surface area contributed by atoms with Crippen LogP contribution in [0.3, 0.4) is 0 Å². The van der Waals surface area contributed by atoms with Gasteiger partial charge in [-0.3, -0.25) is 25.8 Å². The lowest BCUT2D eigenvalue weighted by atomic mass is 10.0. The lowest BCUT2D eigenvalue weighted by Crippen LogP contribution is -2.49. The Labute approximate surface area is 179 Å². The molecule has 0 aliphatic heterocycles. The molecule has 0 fully saturated rings. The number of nitrogens with one attached hydrogen (secondary N) is 3. The molecule has 0 spiro atoms. The molecule has 0 unspecified atom stereocenters. The molecule has 0 atom stereocenters. The van der Waals surface area contributed by atoms with Gasteiger partial charge in [-0.15, -0.1) is 0 Å². The van der Waals surface area contributed by atoms with Gasteiger partial charge in [0.1, 0.15) is 5.75 Å². The van der Waals surface area contributed by atoms with Crippen molar-refractivity contribution >= 4 is 46.0 Å². The predicted octanol–water partition coefficient (Wildman–Crippen LogP) is 3.26. The number of hydrazine groups is 1. The number of carbonyl (C=O) groups is 2. The first kappa shape index (κ1) is 21.0. The first-order chi connectivity index (χ1) is 14.5. The summed E-state index contributed by atoms with van der Waals surface area (Å²) in [6.45, 7) is 1.78. The molecule has 3 rings (SSSR count). The van der Waals surface area contributed by atoms with Crippen LogP contribution in [-0.2, 0) is 9.59 Å². The largest absolute Gasteiger partial charge is 0.484 e. The molecule has 0 radical (unpaired) electrons. The zero-order valence-electron chi connectivity index (χ0n) is 16.3. The molecule has 0 aliphatic rings. The van der Waals surface area contributed by atoms with Crippen LogP contribution in [0.15, 0.2) is 72.8 Å². The monoisotopic (exact) mass is 419 g/mol. The van der Waals surface area contributed by atoms with Crippen molar-refractivity contribution in [3.05, 3.63) is 83.9 Å². The molecule has 0 saturated heterocycles. The van der Waals surface area contributed by atoms with Crippen molar-refractivity contribution in [2.24, 2.45) is 0 Å². The van der Waals surface area contributed by atoms with Gasteiger partial charge in [0.15, 0.2) is 11.7 Å². The van der Waals surface area contributed by atoms with Gasteiger partial charge in [0.05, 0.1) is 0 Å². The normalized spacial score (nSPS) is 10.6. The van der Waals surface area contributed by atoms with Crippen LogP contribution in [0.4, 0.5) is 0 Å². The van der Waals surface area contributed by atoms with Gasteiger partial charge >= 0.3 is 0 Å². The fourth-order valence-corrected chi connectivity index (χ4v) is 2.84. The van der Waals surface area contributed by atoms with E-state index in [9.17, 15) is 9.59 Å². The molecule has 0 heterocycles. The number of thiocarbonyl (C=S) groups is 1. The second kappa shape index (κ2) is 10.2. The van der Waals surface area contributed by atoms with Crippen LogP contribution < -0.4 is 20.9 Å². The molecule has 2 amide bonds. The van der Waals surface area contributed by atoms with E-state index >= 15 is 0 Å². The summed E-state index contributed by atoms with van der Waals surface area (Å²) >= 11 is 5.02. The van der Waals surface area contributed by atoms with Crippen LogP contribution in [0.5, 0.6) is 5.75 Å². The molecular formula is C23H21N3O3S. The van der Waals surface area contributed by atoms with Crippen molar-refractivity contribution in [3.8, 4) is 5.75 Å². The molecule has 3 aromatic carbocycles. The standard InChI is InChI=1S/C23H21N3O3S/c1-16-9-12-19(13-10-16)29-15-22(28)25-26-23(30)24-21(27)14-11-18-7-4-6-17-5-2-3-8-20(17)18/h2-14H,15H2,1H3,(H,25,28)(H2,24,26,27,30)/b14-11+. The van der Waals surface area contributed by atoms with E-state index < -0.39 is 11.8 Å². The number of hydrogen-bond acceptors (Lipinski definition) is 4. The number of rotatable bonds is 5. The Morgan fingerprint density at radius 2 is 1.70 bits per heavy atom. The number of ether oxygens (including phenoxy) is 1. The third kappa shape index (κ3) is 6.15. The Morgan fingerprint density at radius 3 is 2.50 bits per heavy atom. The number of benzene rings is 3. The predicted molar refractivity (Wildman–Crippen MR) is 122 cm³/mol. The highest BCUT2D eigenvalue weighted by Crippen LogP contribution is 2.19. The Morgan fingerprint density at radius 1 is 0.967 bits per heavy atom. The van der Waals surface area contributed by atoms with E-state index in [4.69, 9.17) is 17.0 Å². The van der Waals surface area contributed by atoms with Crippen LogP contribution >= 0.6 is 12.2 Å². The second-order valence-electron chi connectivity index (χ2n) is 6.49. The summed E-state index contributed by atoms with van der Waals surface area (Å²) in [7, 11) is 0. The maximum Gasteiger partial charge on any atom is 0.276 e. The van der Waals surface area contributed by atoms with Gasteiger partial charge < -0.3 is 4.74 Å². The lowest BCUT2D eigenvalue weighted by Gasteiger charge is -2.10. The maximum atomic E-state index is 12.1. The van der Waals surface area contributed by atoms with Crippen molar-refractivity contribution in [2.75, 3.05) is 6.61 Å². The van der Waals surface area contributed by atoms with Gasteiger partial charge in [0, 0.05) is 6.08 Å². The van der Waals surface area contributed by atoms with Crippen LogP contribution in [0, 0.1) is 6.92 Å². The smallest absolute Gasteiger partial charge is 0.276 e. The number of fused-ring (bicyclic) bond motifs is 1. The highest BCUT2D eigenvalue weighted by atomic mass is 32.1. The summed E-state index contributed by atoms with van der Waals surface area (Å²) in [5, 5.41) is 4.59. The summed E-state index contributed by atoms with van der Waals surface area (Å²) in [6.07, 6.45) is 3.10. The van der Waals surface area contributed by atoms with E-state index in [0.29, 0.717) is 5.75 Å². The van der Waals surface area contributed by atoms with Crippen LogP contribution in [0.1, 0.15) is 11.1 Å². The van der Waals surface area contributed by atoms with E-state index in [0.717, 1.165) is 21.9 Å². The van der Waals surface area contributed by atoms with Gasteiger partial charge in [0.25, 0.3) is 5.91 Å². The van der Waals surface area contributed by atoms with Crippen molar-refractivity contribution in [1.29, 1.82) is 0 Å². The van der Waals surface area contributed by atoms with Gasteiger partial charge in [0.2, 0.25) is 5.91 Å². The second-order valence-corrected chi connectivity index (χ2v) is 6.90. The minimum atomic E-state index is -0.432. The highest BCUT2D eigenvalue weighted by molar-refractivity contribution is 7.80. The van der Waals surface area contributed by atoms with Crippen LogP contribution in [-0.4, -0.2) is 23.5 Å². The molecule has 3 N–H and O–H groups in total. The zero-order valence-corrected chi connectivity index (χ0v) is 17.2. The fourth-order valence-electron chi connectivity index (χ4n) is 2.69. The molecule has 6 nitrogen and oxygen atoms in total. The first-order valence-electron chi connectivity index (χ1n) is 9.26. The summed E-state index contributed by atoms with van der Waals surface area (Å²) in [4.78, 5) is 23.9. The Bertz CT molecular complexity index is 1090. The molecule has 0 aromatic heterocycles. The van der Waals surface area contributed by atoms with Crippen molar-refractivity contribution < 1.29 is 14.3 Å². The molecule has 0 saturated carbocycles. The average Bonchev–Trinajstić information content (AvgIpc) is 2.76. The van der Waals surface area contributed by atoms with Gasteiger partial charge in [-0.2, -0.15) is 0 Å². The van der Waals surface area contributed by atoms with Crippen LogP contribution in [0.25, 0.3) is 16.8 Å². The minimum Gasteiger partial charge on any atom is -0.484 e. The van der Waals surface area contributed by atoms with E-state index in [1.54, 1.807) is 18.2 Å². The van der Waals surface area contributed by atoms with E-state index in [1.807, 2.05) is 61.5 Å². The first-order valence-corrected chi connectivity index (χ1v) is 9.67. The van der Waals surface area contributed by atoms with Crippen molar-refractivity contribution in [2.45, 2.75) is 6.92 Å². The number of aryl methyl sites for hydroxylation is 1. The summed E-state index contributed by atoms with van der Waals surface area (Å²) in [5.41, 5.74) is 6.87. The Kier molecular flexibility index (Phi) is 7.13. The molecule has 0 aliphatic carbocycles.